The molecule has 0 spiro atoms. The molecular formula is C14H10INO4. The summed E-state index contributed by atoms with van der Waals surface area (Å²) >= 11 is 2.11. The highest BCUT2D eigenvalue weighted by Crippen LogP contribution is 2.30. The van der Waals surface area contributed by atoms with Crippen LogP contribution in [0.15, 0.2) is 42.5 Å². The summed E-state index contributed by atoms with van der Waals surface area (Å²) in [6, 6.07) is 11.5. The third-order valence-electron chi connectivity index (χ3n) is 2.61. The molecule has 0 fully saturated rings. The largest absolute Gasteiger partial charge is 0.456 e. The summed E-state index contributed by atoms with van der Waals surface area (Å²) in [7, 11) is 0. The maximum absolute atomic E-state index is 11.3. The van der Waals surface area contributed by atoms with Gasteiger partial charge >= 0.3 is 0 Å². The highest BCUT2D eigenvalue weighted by molar-refractivity contribution is 14.1. The predicted molar refractivity (Wildman–Crippen MR) is 82.3 cm³/mol. The van der Waals surface area contributed by atoms with E-state index in [2.05, 4.69) is 22.6 Å². The fourth-order valence-electron chi connectivity index (χ4n) is 1.68. The average Bonchev–Trinajstić information content (AvgIpc) is 2.41. The first-order valence-corrected chi connectivity index (χ1v) is 6.78. The zero-order valence-electron chi connectivity index (χ0n) is 10.5. The molecule has 6 heteroatoms. The lowest BCUT2D eigenvalue weighted by molar-refractivity contribution is -0.385. The van der Waals surface area contributed by atoms with Crippen LogP contribution >= 0.6 is 22.6 Å². The van der Waals surface area contributed by atoms with Gasteiger partial charge in [0.2, 0.25) is 0 Å². The summed E-state index contributed by atoms with van der Waals surface area (Å²) in [6.45, 7) is 1.29. The van der Waals surface area contributed by atoms with Gasteiger partial charge in [0.25, 0.3) is 5.69 Å². The molecule has 0 heterocycles. The van der Waals surface area contributed by atoms with Gasteiger partial charge in [-0.25, -0.2) is 0 Å². The number of nitrogens with zero attached hydrogens (tertiary/aromatic N) is 1. The number of carbonyl (C=O) groups is 1. The van der Waals surface area contributed by atoms with Crippen LogP contribution in [0.3, 0.4) is 0 Å². The fraction of sp³-hybridized carbons (Fsp3) is 0.0714. The van der Waals surface area contributed by atoms with E-state index < -0.39 is 4.92 Å². The molecule has 20 heavy (non-hydrogen) atoms. The van der Waals surface area contributed by atoms with E-state index in [0.717, 1.165) is 3.57 Å². The lowest BCUT2D eigenvalue weighted by Crippen LogP contribution is -2.00. The monoisotopic (exact) mass is 383 g/mol. The number of rotatable bonds is 4. The van der Waals surface area contributed by atoms with E-state index in [9.17, 15) is 14.9 Å². The molecule has 5 nitrogen and oxygen atoms in total. The highest BCUT2D eigenvalue weighted by atomic mass is 127. The van der Waals surface area contributed by atoms with Crippen molar-refractivity contribution >= 4 is 34.1 Å². The second kappa shape index (κ2) is 6.00. The Morgan fingerprint density at radius 2 is 1.95 bits per heavy atom. The Morgan fingerprint density at radius 1 is 1.25 bits per heavy atom. The van der Waals surface area contributed by atoms with E-state index in [-0.39, 0.29) is 17.0 Å². The van der Waals surface area contributed by atoms with Crippen LogP contribution < -0.4 is 4.74 Å². The van der Waals surface area contributed by atoms with Crippen LogP contribution in [0.5, 0.6) is 11.5 Å². The first kappa shape index (κ1) is 14.4. The van der Waals surface area contributed by atoms with Gasteiger partial charge in [0.1, 0.15) is 11.5 Å². The van der Waals surface area contributed by atoms with Crippen LogP contribution in [0.4, 0.5) is 5.69 Å². The Labute approximate surface area is 128 Å². The lowest BCUT2D eigenvalue weighted by atomic mass is 10.1. The minimum atomic E-state index is -0.584. The number of benzene rings is 2. The van der Waals surface area contributed by atoms with Gasteiger partial charge in [-0.1, -0.05) is 12.1 Å². The topological polar surface area (TPSA) is 69.4 Å². The van der Waals surface area contributed by atoms with Gasteiger partial charge in [0.15, 0.2) is 5.78 Å². The number of nitro groups is 1. The number of Topliss-reactive ketones (excluding diaryl/α,β-unsaturated/α-hetero) is 1. The van der Waals surface area contributed by atoms with Crippen molar-refractivity contribution in [3.05, 3.63) is 61.7 Å². The third-order valence-corrected chi connectivity index (χ3v) is 3.50. The van der Waals surface area contributed by atoms with Crippen molar-refractivity contribution in [3.63, 3.8) is 0 Å². The molecule has 0 saturated heterocycles. The van der Waals surface area contributed by atoms with Crippen LogP contribution in [0.1, 0.15) is 17.3 Å². The van der Waals surface area contributed by atoms with Crippen LogP contribution in [-0.4, -0.2) is 10.7 Å². The number of hydrogen-bond donors (Lipinski definition) is 0. The summed E-state index contributed by atoms with van der Waals surface area (Å²) in [4.78, 5) is 21.8. The first-order valence-electron chi connectivity index (χ1n) is 5.71. The Morgan fingerprint density at radius 3 is 2.55 bits per heavy atom. The number of nitro benzene ring substituents is 1. The van der Waals surface area contributed by atoms with Crippen LogP contribution in [0.25, 0.3) is 0 Å². The van der Waals surface area contributed by atoms with E-state index in [0.29, 0.717) is 11.5 Å². The Balaban J connectivity index is 2.40. The van der Waals surface area contributed by atoms with Crippen molar-refractivity contribution in [2.75, 3.05) is 0 Å². The number of ether oxygens (including phenoxy) is 1. The number of halogens is 1. The molecular weight excluding hydrogens is 373 g/mol. The van der Waals surface area contributed by atoms with E-state index in [4.69, 9.17) is 4.74 Å². The molecule has 0 bridgehead atoms. The third kappa shape index (κ3) is 3.13. The molecule has 2 aromatic rings. The zero-order chi connectivity index (χ0) is 14.7. The van der Waals surface area contributed by atoms with Crippen molar-refractivity contribution in [2.45, 2.75) is 6.92 Å². The molecule has 0 saturated carbocycles. The summed E-state index contributed by atoms with van der Waals surface area (Å²) in [5.41, 5.74) is -0.175. The Kier molecular flexibility index (Phi) is 4.33. The lowest BCUT2D eigenvalue weighted by Gasteiger charge is -2.08. The van der Waals surface area contributed by atoms with Gasteiger partial charge in [-0.05, 0) is 53.8 Å². The minimum absolute atomic E-state index is 0.0742. The molecule has 0 amide bonds. The van der Waals surface area contributed by atoms with E-state index >= 15 is 0 Å². The molecule has 2 rings (SSSR count). The molecule has 0 atom stereocenters. The highest BCUT2D eigenvalue weighted by Gasteiger charge is 2.18. The SMILES string of the molecule is CC(=O)c1ccc(Oc2ccccc2I)cc1[N+](=O)[O-]. The molecule has 2 aromatic carbocycles. The summed E-state index contributed by atoms with van der Waals surface area (Å²) < 4.78 is 6.50. The predicted octanol–water partition coefficient (Wildman–Crippen LogP) is 4.19. The zero-order valence-corrected chi connectivity index (χ0v) is 12.7. The molecule has 0 radical (unpaired) electrons. The molecule has 0 aliphatic rings. The van der Waals surface area contributed by atoms with Crippen molar-refractivity contribution in [1.29, 1.82) is 0 Å². The maximum atomic E-state index is 11.3. The van der Waals surface area contributed by atoms with Crippen molar-refractivity contribution < 1.29 is 14.5 Å². The molecule has 0 aliphatic carbocycles. The summed E-state index contributed by atoms with van der Waals surface area (Å²) in [6.07, 6.45) is 0. The van der Waals surface area contributed by atoms with Crippen molar-refractivity contribution in [3.8, 4) is 11.5 Å². The molecule has 102 valence electrons. The maximum Gasteiger partial charge on any atom is 0.283 e. The second-order valence-corrected chi connectivity index (χ2v) is 5.19. The van der Waals surface area contributed by atoms with Crippen LogP contribution in [-0.2, 0) is 0 Å². The van der Waals surface area contributed by atoms with Gasteiger partial charge in [-0.3, -0.25) is 14.9 Å². The normalized spacial score (nSPS) is 10.1. The standard InChI is InChI=1S/C14H10INO4/c1-9(17)11-7-6-10(8-13(11)16(18)19)20-14-5-3-2-4-12(14)15/h2-8H,1H3. The smallest absolute Gasteiger partial charge is 0.283 e. The quantitative estimate of drug-likeness (QED) is 0.344. The molecule has 0 aliphatic heterocycles. The average molecular weight is 383 g/mol. The van der Waals surface area contributed by atoms with E-state index in [1.807, 2.05) is 18.2 Å². The van der Waals surface area contributed by atoms with E-state index in [1.54, 1.807) is 12.1 Å². The molecule has 0 aromatic heterocycles. The second-order valence-electron chi connectivity index (χ2n) is 4.02. The van der Waals surface area contributed by atoms with Crippen LogP contribution in [0, 0.1) is 13.7 Å². The van der Waals surface area contributed by atoms with Gasteiger partial charge < -0.3 is 4.74 Å². The van der Waals surface area contributed by atoms with Gasteiger partial charge in [0.05, 0.1) is 20.1 Å². The fourth-order valence-corrected chi connectivity index (χ4v) is 2.18. The number of para-hydroxylation sites is 1. The van der Waals surface area contributed by atoms with Crippen LogP contribution in [0.2, 0.25) is 0 Å². The molecule has 0 unspecified atom stereocenters. The van der Waals surface area contributed by atoms with Gasteiger partial charge in [0, 0.05) is 0 Å². The summed E-state index contributed by atoms with van der Waals surface area (Å²) in [5, 5.41) is 11.0. The number of ketones is 1. The Hall–Kier alpha value is -1.96. The number of hydrogen-bond acceptors (Lipinski definition) is 4. The number of carbonyl (C=O) groups excluding carboxylic acids is 1. The van der Waals surface area contributed by atoms with Gasteiger partial charge in [-0.15, -0.1) is 0 Å². The van der Waals surface area contributed by atoms with Crippen molar-refractivity contribution in [1.82, 2.24) is 0 Å². The minimum Gasteiger partial charge on any atom is -0.456 e. The Bertz CT molecular complexity index is 685. The van der Waals surface area contributed by atoms with Crippen molar-refractivity contribution in [2.24, 2.45) is 0 Å². The van der Waals surface area contributed by atoms with E-state index in [1.165, 1.54) is 19.1 Å². The van der Waals surface area contributed by atoms with Gasteiger partial charge in [-0.2, -0.15) is 0 Å². The summed E-state index contributed by atoms with van der Waals surface area (Å²) in [5.74, 6) is 0.585. The molecule has 0 N–H and O–H groups in total. The first-order chi connectivity index (χ1) is 9.49.